The van der Waals surface area contributed by atoms with Crippen LogP contribution < -0.4 is 16.2 Å². The quantitative estimate of drug-likeness (QED) is 0.0399. The molecule has 0 bridgehead atoms. The van der Waals surface area contributed by atoms with E-state index in [1.165, 1.54) is 26.5 Å². The second-order valence-corrected chi connectivity index (χ2v) is 17.7. The van der Waals surface area contributed by atoms with Crippen LogP contribution in [0.4, 0.5) is 5.95 Å². The fourth-order valence-electron chi connectivity index (χ4n) is 8.68. The molecule has 1 aliphatic carbocycles. The molecule has 9 atom stereocenters. The Morgan fingerprint density at radius 2 is 1.64 bits per heavy atom. The van der Waals surface area contributed by atoms with Crippen LogP contribution in [0, 0.1) is 11.8 Å². The summed E-state index contributed by atoms with van der Waals surface area (Å²) in [5, 5.41) is 6.02. The number of hydrogen-bond acceptors (Lipinski definition) is 14. The van der Waals surface area contributed by atoms with E-state index >= 15 is 0 Å². The molecule has 1 aromatic carbocycles. The number of fused-ring (bicyclic) bond motifs is 1. The molecule has 19 nitrogen and oxygen atoms in total. The first kappa shape index (κ1) is 52.4. The Morgan fingerprint density at radius 3 is 2.34 bits per heavy atom. The number of benzene rings is 1. The zero-order valence-electron chi connectivity index (χ0n) is 40.1. The molecule has 2 aromatic heterocycles. The normalized spacial score (nSPS) is 23.8. The standard InChI is InChI=1S/C48H70N8O11/c1-8-33-27-36(39(52-32(5)58)41(31(33)4)67-47(62)34-19-13-12-14-20-34)63-25-18-15-21-37(59)49-24-16-10-11-17-26-64-42-35(9-2)65-46(43(42)66-38(60)23-22-30(3)57)56-29-50-40-44(56)53-48(54-45(40)61)51-28-55(6)7/h12-14,19-20,28-29,31,33,35-36,39,41-43,46H,8-11,15-18,21-27H2,1-7H3,(H,49,59)(H,52,58)(H,53,54,61)/b51-28+/t31-,33-,35+,36+,39-,41-,42?,43-,46+/m0/s1. The van der Waals surface area contributed by atoms with E-state index in [9.17, 15) is 28.8 Å². The molecule has 5 rings (SSSR count). The summed E-state index contributed by atoms with van der Waals surface area (Å²) in [5.74, 6) is -1.07. The van der Waals surface area contributed by atoms with Gasteiger partial charge in [-0.25, -0.2) is 14.8 Å². The van der Waals surface area contributed by atoms with Crippen molar-refractivity contribution in [3.05, 3.63) is 52.6 Å². The summed E-state index contributed by atoms with van der Waals surface area (Å²) in [5.41, 5.74) is 0.239. The molecule has 2 aliphatic rings. The monoisotopic (exact) mass is 935 g/mol. The molecule has 3 N–H and O–H groups in total. The maximum atomic E-state index is 13.1. The summed E-state index contributed by atoms with van der Waals surface area (Å²) >= 11 is 0. The third-order valence-electron chi connectivity index (χ3n) is 12.3. The molecule has 2 fully saturated rings. The van der Waals surface area contributed by atoms with Gasteiger partial charge in [0.05, 0.1) is 42.9 Å². The maximum Gasteiger partial charge on any atom is 0.338 e. The number of ether oxygens (including phenoxy) is 5. The lowest BCUT2D eigenvalue weighted by molar-refractivity contribution is -0.161. The molecule has 1 saturated heterocycles. The van der Waals surface area contributed by atoms with Crippen LogP contribution in [0.2, 0.25) is 0 Å². The van der Waals surface area contributed by atoms with E-state index in [0.29, 0.717) is 57.4 Å². The molecule has 0 spiro atoms. The highest BCUT2D eigenvalue weighted by atomic mass is 16.6. The molecule has 3 heterocycles. The van der Waals surface area contributed by atoms with Gasteiger partial charge in [-0.1, -0.05) is 58.2 Å². The fourth-order valence-corrected chi connectivity index (χ4v) is 8.68. The minimum absolute atomic E-state index is 0.0186. The minimum Gasteiger partial charge on any atom is -0.456 e. The number of aliphatic imine (C=N–C) groups is 1. The number of esters is 2. The Hall–Kier alpha value is -5.53. The molecular formula is C48H70N8O11. The zero-order valence-corrected chi connectivity index (χ0v) is 40.1. The highest BCUT2D eigenvalue weighted by molar-refractivity contribution is 5.89. The molecule has 3 aromatic rings. The van der Waals surface area contributed by atoms with Gasteiger partial charge < -0.3 is 44.0 Å². The van der Waals surface area contributed by atoms with Gasteiger partial charge in [0.15, 0.2) is 23.5 Å². The van der Waals surface area contributed by atoms with Gasteiger partial charge >= 0.3 is 11.9 Å². The maximum absolute atomic E-state index is 13.1. The van der Waals surface area contributed by atoms with Crippen molar-refractivity contribution < 1.29 is 47.7 Å². The topological polar surface area (TPSA) is 235 Å². The highest BCUT2D eigenvalue weighted by Gasteiger charge is 2.49. The number of unbranched alkanes of at least 4 members (excludes halogenated alkanes) is 4. The van der Waals surface area contributed by atoms with Crippen LogP contribution in [-0.4, -0.2) is 131 Å². The molecule has 2 amide bonds. The highest BCUT2D eigenvalue weighted by Crippen LogP contribution is 2.38. The summed E-state index contributed by atoms with van der Waals surface area (Å²) in [7, 11) is 3.57. The van der Waals surface area contributed by atoms with Gasteiger partial charge in [-0.2, -0.15) is 4.98 Å². The number of H-pyrrole nitrogens is 1. The molecule has 368 valence electrons. The first-order valence-electron chi connectivity index (χ1n) is 23.7. The van der Waals surface area contributed by atoms with Crippen molar-refractivity contribution in [3.63, 3.8) is 0 Å². The van der Waals surface area contributed by atoms with Crippen LogP contribution >= 0.6 is 0 Å². The van der Waals surface area contributed by atoms with Gasteiger partial charge in [0, 0.05) is 53.6 Å². The van der Waals surface area contributed by atoms with E-state index in [2.05, 4.69) is 44.4 Å². The second kappa shape index (κ2) is 26.1. The van der Waals surface area contributed by atoms with Crippen molar-refractivity contribution in [3.8, 4) is 0 Å². The fraction of sp³-hybridized carbons (Fsp3) is 0.646. The van der Waals surface area contributed by atoms with E-state index in [1.54, 1.807) is 47.8 Å². The molecular weight excluding hydrogens is 865 g/mol. The Kier molecular flexibility index (Phi) is 20.5. The first-order chi connectivity index (χ1) is 32.2. The predicted octanol–water partition coefficient (Wildman–Crippen LogP) is 5.34. The summed E-state index contributed by atoms with van der Waals surface area (Å²) in [6, 6.07) is 8.34. The average molecular weight is 935 g/mol. The number of carbonyl (C=O) groups excluding carboxylic acids is 5. The van der Waals surface area contributed by atoms with Gasteiger partial charge in [-0.05, 0) is 69.4 Å². The van der Waals surface area contributed by atoms with E-state index in [1.807, 2.05) is 13.0 Å². The lowest BCUT2D eigenvalue weighted by Crippen LogP contribution is -2.59. The van der Waals surface area contributed by atoms with E-state index in [4.69, 9.17) is 23.7 Å². The smallest absolute Gasteiger partial charge is 0.338 e. The van der Waals surface area contributed by atoms with Crippen LogP contribution in [0.25, 0.3) is 11.2 Å². The van der Waals surface area contributed by atoms with Crippen molar-refractivity contribution in [2.45, 2.75) is 154 Å². The largest absolute Gasteiger partial charge is 0.456 e. The average Bonchev–Trinajstić information content (AvgIpc) is 3.88. The van der Waals surface area contributed by atoms with Crippen molar-refractivity contribution in [1.82, 2.24) is 35.1 Å². The van der Waals surface area contributed by atoms with E-state index in [0.717, 1.165) is 32.1 Å². The predicted molar refractivity (Wildman–Crippen MR) is 250 cm³/mol. The number of aromatic nitrogens is 4. The minimum atomic E-state index is -0.924. The van der Waals surface area contributed by atoms with Crippen LogP contribution in [0.3, 0.4) is 0 Å². The van der Waals surface area contributed by atoms with Crippen LogP contribution in [0.1, 0.15) is 128 Å². The number of Topliss-reactive ketones (excluding diaryl/α,β-unsaturated/α-hetero) is 1. The first-order valence-corrected chi connectivity index (χ1v) is 23.7. The SMILES string of the molecule is CC[C@H]1C[C@@H](OCCCCC(=O)NCCCCCCOC2[C@@H](CC)O[C@@H](n3cnc4c(=O)[nH]c(/N=C/N(C)C)nc43)[C@H]2OC(=O)CCC(C)=O)[C@H](NC(C)=O)[C@@H](OC(=O)c2ccccc2)[C@H]1C. The lowest BCUT2D eigenvalue weighted by atomic mass is 9.73. The van der Waals surface area contributed by atoms with Crippen molar-refractivity contribution in [1.29, 1.82) is 0 Å². The van der Waals surface area contributed by atoms with E-state index < -0.39 is 54.2 Å². The van der Waals surface area contributed by atoms with Crippen LogP contribution in [-0.2, 0) is 42.9 Å². The summed E-state index contributed by atoms with van der Waals surface area (Å²) in [6.45, 7) is 10.3. The number of carbonyl (C=O) groups is 5. The Labute approximate surface area is 392 Å². The van der Waals surface area contributed by atoms with Crippen molar-refractivity contribution in [2.24, 2.45) is 16.8 Å². The van der Waals surface area contributed by atoms with Gasteiger partial charge in [-0.3, -0.25) is 28.7 Å². The molecule has 19 heteroatoms. The summed E-state index contributed by atoms with van der Waals surface area (Å²) in [4.78, 5) is 93.0. The number of nitrogens with zero attached hydrogens (tertiary/aromatic N) is 5. The van der Waals surface area contributed by atoms with Gasteiger partial charge in [0.25, 0.3) is 5.56 Å². The molecule has 1 saturated carbocycles. The Balaban J connectivity index is 1.05. The van der Waals surface area contributed by atoms with Crippen LogP contribution in [0.5, 0.6) is 0 Å². The molecule has 67 heavy (non-hydrogen) atoms. The molecule has 1 unspecified atom stereocenters. The summed E-state index contributed by atoms with van der Waals surface area (Å²) in [6.07, 6.45) is 6.02. The van der Waals surface area contributed by atoms with E-state index in [-0.39, 0.29) is 65.5 Å². The number of aromatic amines is 1. The number of hydrogen-bond donors (Lipinski definition) is 3. The number of amides is 2. The number of nitrogens with one attached hydrogen (secondary N) is 3. The lowest BCUT2D eigenvalue weighted by Gasteiger charge is -2.45. The second-order valence-electron chi connectivity index (χ2n) is 17.7. The number of ketones is 1. The molecule has 1 aliphatic heterocycles. The zero-order chi connectivity index (χ0) is 48.5. The van der Waals surface area contributed by atoms with Crippen LogP contribution in [0.15, 0.2) is 46.4 Å². The van der Waals surface area contributed by atoms with Gasteiger partial charge in [-0.15, -0.1) is 0 Å². The molecule has 0 radical (unpaired) electrons. The number of rotatable bonds is 26. The van der Waals surface area contributed by atoms with Crippen molar-refractivity contribution >= 4 is 53.0 Å². The third kappa shape index (κ3) is 15.2. The van der Waals surface area contributed by atoms with Crippen molar-refractivity contribution in [2.75, 3.05) is 33.9 Å². The Bertz CT molecular complexity index is 2180. The van der Waals surface area contributed by atoms with Gasteiger partial charge in [0.2, 0.25) is 17.8 Å². The summed E-state index contributed by atoms with van der Waals surface area (Å²) < 4.78 is 32.8. The Morgan fingerprint density at radius 1 is 0.910 bits per heavy atom. The number of imidazole rings is 1. The van der Waals surface area contributed by atoms with Gasteiger partial charge in [0.1, 0.15) is 18.0 Å². The third-order valence-corrected chi connectivity index (χ3v) is 12.3.